The maximum absolute atomic E-state index is 12.4. The average molecular weight is 338 g/mol. The summed E-state index contributed by atoms with van der Waals surface area (Å²) in [7, 11) is 0. The number of benzene rings is 1. The van der Waals surface area contributed by atoms with Crippen LogP contribution in [0.2, 0.25) is 0 Å². The van der Waals surface area contributed by atoms with Gasteiger partial charge in [-0.1, -0.05) is 0 Å². The van der Waals surface area contributed by atoms with Crippen molar-refractivity contribution in [2.24, 2.45) is 10.8 Å². The molecular weight excluding hydrogens is 325 g/mol. The highest BCUT2D eigenvalue weighted by atomic mass is 19.4. The van der Waals surface area contributed by atoms with Gasteiger partial charge in [-0.25, -0.2) is 4.98 Å². The standard InChI is InChI=1S/C15H13F3N4O2/c16-15(17,18)11-3-6-14(20-8-11)22-21-7-10-1-4-12(5-2-10)24-9-13(19)23/h1-8H,9H2,(H2,19,23)(H,20,22)/b21-7+. The van der Waals surface area contributed by atoms with Crippen LogP contribution in [0.3, 0.4) is 0 Å². The van der Waals surface area contributed by atoms with Crippen molar-refractivity contribution < 1.29 is 22.7 Å². The van der Waals surface area contributed by atoms with Crippen LogP contribution in [-0.2, 0) is 11.0 Å². The third kappa shape index (κ3) is 5.27. The van der Waals surface area contributed by atoms with Crippen molar-refractivity contribution >= 4 is 17.9 Å². The molecule has 2 aromatic rings. The molecular formula is C15H13F3N4O2. The molecule has 24 heavy (non-hydrogen) atoms. The highest BCUT2D eigenvalue weighted by Crippen LogP contribution is 2.28. The molecule has 2 rings (SSSR count). The number of hydrogen-bond donors (Lipinski definition) is 2. The molecule has 1 aromatic heterocycles. The molecule has 0 aliphatic carbocycles. The molecule has 1 amide bonds. The predicted molar refractivity (Wildman–Crippen MR) is 81.6 cm³/mol. The summed E-state index contributed by atoms with van der Waals surface area (Å²) >= 11 is 0. The highest BCUT2D eigenvalue weighted by Gasteiger charge is 2.30. The number of rotatable bonds is 6. The molecule has 0 unspecified atom stereocenters. The number of nitrogens with one attached hydrogen (secondary N) is 1. The number of aromatic nitrogens is 1. The Kier molecular flexibility index (Phi) is 5.35. The fourth-order valence-corrected chi connectivity index (χ4v) is 1.61. The normalized spacial score (nSPS) is 11.5. The van der Waals surface area contributed by atoms with Crippen LogP contribution >= 0.6 is 0 Å². The summed E-state index contributed by atoms with van der Waals surface area (Å²) < 4.78 is 42.3. The largest absolute Gasteiger partial charge is 0.484 e. The van der Waals surface area contributed by atoms with Gasteiger partial charge in [0.2, 0.25) is 0 Å². The van der Waals surface area contributed by atoms with Gasteiger partial charge in [0, 0.05) is 6.20 Å². The van der Waals surface area contributed by atoms with Crippen LogP contribution in [0.4, 0.5) is 19.0 Å². The maximum atomic E-state index is 12.4. The zero-order chi connectivity index (χ0) is 17.6. The Morgan fingerprint density at radius 2 is 1.96 bits per heavy atom. The van der Waals surface area contributed by atoms with E-state index in [9.17, 15) is 18.0 Å². The zero-order valence-electron chi connectivity index (χ0n) is 12.2. The zero-order valence-corrected chi connectivity index (χ0v) is 12.2. The highest BCUT2D eigenvalue weighted by molar-refractivity contribution is 5.80. The van der Waals surface area contributed by atoms with Gasteiger partial charge < -0.3 is 10.5 Å². The number of ether oxygens (including phenoxy) is 1. The van der Waals surface area contributed by atoms with E-state index in [0.717, 1.165) is 12.3 Å². The van der Waals surface area contributed by atoms with E-state index in [1.807, 2.05) is 0 Å². The molecule has 9 heteroatoms. The van der Waals surface area contributed by atoms with Gasteiger partial charge in [0.05, 0.1) is 11.8 Å². The lowest BCUT2D eigenvalue weighted by Crippen LogP contribution is -2.19. The molecule has 1 aromatic carbocycles. The number of hydrazone groups is 1. The van der Waals surface area contributed by atoms with Crippen LogP contribution in [0.1, 0.15) is 11.1 Å². The third-order valence-electron chi connectivity index (χ3n) is 2.74. The molecule has 0 aliphatic rings. The van der Waals surface area contributed by atoms with Gasteiger partial charge >= 0.3 is 6.18 Å². The summed E-state index contributed by atoms with van der Waals surface area (Å²) in [6.45, 7) is -0.214. The first kappa shape index (κ1) is 17.3. The number of primary amides is 1. The second kappa shape index (κ2) is 7.44. The lowest BCUT2D eigenvalue weighted by atomic mass is 10.2. The van der Waals surface area contributed by atoms with Gasteiger partial charge in [0.25, 0.3) is 5.91 Å². The lowest BCUT2D eigenvalue weighted by molar-refractivity contribution is -0.137. The van der Waals surface area contributed by atoms with Crippen molar-refractivity contribution in [1.82, 2.24) is 4.98 Å². The molecule has 0 spiro atoms. The summed E-state index contributed by atoms with van der Waals surface area (Å²) in [6.07, 6.45) is -2.24. The third-order valence-corrected chi connectivity index (χ3v) is 2.74. The van der Waals surface area contributed by atoms with E-state index in [2.05, 4.69) is 15.5 Å². The minimum Gasteiger partial charge on any atom is -0.484 e. The number of nitrogens with zero attached hydrogens (tertiary/aromatic N) is 2. The number of carbonyl (C=O) groups excluding carboxylic acids is 1. The van der Waals surface area contributed by atoms with E-state index in [-0.39, 0.29) is 12.4 Å². The van der Waals surface area contributed by atoms with E-state index < -0.39 is 17.6 Å². The minimum atomic E-state index is -4.42. The summed E-state index contributed by atoms with van der Waals surface area (Å²) in [5.41, 5.74) is 7.37. The van der Waals surface area contributed by atoms with Crippen LogP contribution < -0.4 is 15.9 Å². The van der Waals surface area contributed by atoms with Crippen LogP contribution in [-0.4, -0.2) is 23.7 Å². The van der Waals surface area contributed by atoms with Crippen LogP contribution in [0.5, 0.6) is 5.75 Å². The molecule has 1 heterocycles. The van der Waals surface area contributed by atoms with E-state index >= 15 is 0 Å². The van der Waals surface area contributed by atoms with Gasteiger partial charge in [-0.05, 0) is 42.0 Å². The smallest absolute Gasteiger partial charge is 0.417 e. The Labute approximate surface area is 135 Å². The molecule has 0 atom stereocenters. The van der Waals surface area contributed by atoms with E-state index in [1.54, 1.807) is 24.3 Å². The van der Waals surface area contributed by atoms with E-state index in [0.29, 0.717) is 11.3 Å². The fourth-order valence-electron chi connectivity index (χ4n) is 1.61. The quantitative estimate of drug-likeness (QED) is 0.625. The SMILES string of the molecule is NC(=O)COc1ccc(/C=N/Nc2ccc(C(F)(F)F)cn2)cc1. The molecule has 0 aliphatic heterocycles. The summed E-state index contributed by atoms with van der Waals surface area (Å²) in [5.74, 6) is 0.0813. The van der Waals surface area contributed by atoms with E-state index in [4.69, 9.17) is 10.5 Å². The molecule has 0 bridgehead atoms. The first-order chi connectivity index (χ1) is 11.3. The molecule has 0 radical (unpaired) electrons. The Bertz CT molecular complexity index is 713. The monoisotopic (exact) mass is 338 g/mol. The topological polar surface area (TPSA) is 89.6 Å². The summed E-state index contributed by atoms with van der Waals surface area (Å²) in [6, 6.07) is 8.71. The van der Waals surface area contributed by atoms with Crippen LogP contribution in [0.15, 0.2) is 47.7 Å². The van der Waals surface area contributed by atoms with Crippen molar-refractivity contribution in [2.75, 3.05) is 12.0 Å². The average Bonchev–Trinajstić information content (AvgIpc) is 2.54. The maximum Gasteiger partial charge on any atom is 0.417 e. The number of alkyl halides is 3. The Balaban J connectivity index is 1.90. The molecule has 3 N–H and O–H groups in total. The second-order valence-corrected chi connectivity index (χ2v) is 4.62. The van der Waals surface area contributed by atoms with Crippen molar-refractivity contribution in [3.05, 3.63) is 53.7 Å². The van der Waals surface area contributed by atoms with Gasteiger partial charge in [0.15, 0.2) is 6.61 Å². The molecule has 126 valence electrons. The number of hydrogen-bond acceptors (Lipinski definition) is 5. The fraction of sp³-hybridized carbons (Fsp3) is 0.133. The van der Waals surface area contributed by atoms with Crippen LogP contribution in [0.25, 0.3) is 0 Å². The molecule has 0 fully saturated rings. The van der Waals surface area contributed by atoms with Gasteiger partial charge in [-0.3, -0.25) is 10.2 Å². The van der Waals surface area contributed by atoms with Crippen molar-refractivity contribution in [3.8, 4) is 5.75 Å². The second-order valence-electron chi connectivity index (χ2n) is 4.62. The summed E-state index contributed by atoms with van der Waals surface area (Å²) in [5, 5.41) is 3.87. The first-order valence-corrected chi connectivity index (χ1v) is 6.68. The molecule has 0 saturated carbocycles. The van der Waals surface area contributed by atoms with Gasteiger partial charge in [-0.2, -0.15) is 18.3 Å². The van der Waals surface area contributed by atoms with Crippen LogP contribution in [0, 0.1) is 0 Å². The van der Waals surface area contributed by atoms with Gasteiger partial charge in [-0.15, -0.1) is 0 Å². The predicted octanol–water partition coefficient (Wildman–Crippen LogP) is 2.41. The first-order valence-electron chi connectivity index (χ1n) is 6.68. The lowest BCUT2D eigenvalue weighted by Gasteiger charge is -2.06. The number of carbonyl (C=O) groups is 1. The summed E-state index contributed by atoms with van der Waals surface area (Å²) in [4.78, 5) is 14.2. The van der Waals surface area contributed by atoms with E-state index in [1.165, 1.54) is 12.3 Å². The number of halogens is 3. The van der Waals surface area contributed by atoms with Crippen molar-refractivity contribution in [1.29, 1.82) is 0 Å². The molecule has 0 saturated heterocycles. The number of anilines is 1. The Morgan fingerprint density at radius 1 is 1.25 bits per heavy atom. The minimum absolute atomic E-state index is 0.181. The Morgan fingerprint density at radius 3 is 2.50 bits per heavy atom. The van der Waals surface area contributed by atoms with Crippen molar-refractivity contribution in [2.45, 2.75) is 6.18 Å². The number of nitrogens with two attached hydrogens (primary N) is 1. The van der Waals surface area contributed by atoms with Crippen molar-refractivity contribution in [3.63, 3.8) is 0 Å². The van der Waals surface area contributed by atoms with Gasteiger partial charge in [0.1, 0.15) is 11.6 Å². The number of pyridine rings is 1. The number of amides is 1. The molecule has 6 nitrogen and oxygen atoms in total. The Hall–Kier alpha value is -3.10.